The Labute approximate surface area is 77.3 Å². The minimum atomic E-state index is 0.0860. The van der Waals surface area contributed by atoms with Crippen molar-refractivity contribution in [2.45, 2.75) is 17.9 Å². The predicted molar refractivity (Wildman–Crippen MR) is 49.5 cm³/mol. The lowest BCUT2D eigenvalue weighted by Gasteiger charge is -2.12. The SMILES string of the molecule is CO[C@H]1c2ccccc2C[C@@H]1Cl. The summed E-state index contributed by atoms with van der Waals surface area (Å²) in [6.45, 7) is 0. The van der Waals surface area contributed by atoms with Crippen LogP contribution in [-0.2, 0) is 11.2 Å². The van der Waals surface area contributed by atoms with Crippen LogP contribution in [0.5, 0.6) is 0 Å². The zero-order valence-corrected chi connectivity index (χ0v) is 7.71. The topological polar surface area (TPSA) is 9.23 Å². The zero-order chi connectivity index (χ0) is 8.55. The van der Waals surface area contributed by atoms with Gasteiger partial charge in [0.25, 0.3) is 0 Å². The van der Waals surface area contributed by atoms with Gasteiger partial charge in [0, 0.05) is 7.11 Å². The third-order valence-corrected chi connectivity index (χ3v) is 2.74. The molecule has 0 aliphatic heterocycles. The summed E-state index contributed by atoms with van der Waals surface area (Å²) < 4.78 is 5.32. The maximum absolute atomic E-state index is 6.12. The summed E-state index contributed by atoms with van der Waals surface area (Å²) in [5.74, 6) is 0. The van der Waals surface area contributed by atoms with Crippen molar-refractivity contribution < 1.29 is 4.74 Å². The first-order valence-corrected chi connectivity index (χ1v) is 4.51. The average Bonchev–Trinajstić information content (AvgIpc) is 2.40. The summed E-state index contributed by atoms with van der Waals surface area (Å²) in [6.07, 6.45) is 1.01. The van der Waals surface area contributed by atoms with E-state index in [2.05, 4.69) is 12.1 Å². The minimum Gasteiger partial charge on any atom is -0.375 e. The van der Waals surface area contributed by atoms with Crippen LogP contribution in [0.15, 0.2) is 24.3 Å². The van der Waals surface area contributed by atoms with Gasteiger partial charge in [-0.3, -0.25) is 0 Å². The second-order valence-corrected chi connectivity index (χ2v) is 3.64. The first-order chi connectivity index (χ1) is 5.83. The molecule has 0 aromatic heterocycles. The van der Waals surface area contributed by atoms with Crippen LogP contribution in [0, 0.1) is 0 Å². The number of ether oxygens (including phenoxy) is 1. The van der Waals surface area contributed by atoms with Gasteiger partial charge >= 0.3 is 0 Å². The molecule has 1 nitrogen and oxygen atoms in total. The van der Waals surface area contributed by atoms with Crippen molar-refractivity contribution >= 4 is 11.6 Å². The van der Waals surface area contributed by atoms with Crippen LogP contribution in [0.3, 0.4) is 0 Å². The van der Waals surface area contributed by atoms with Crippen molar-refractivity contribution in [2.75, 3.05) is 7.11 Å². The number of rotatable bonds is 1. The van der Waals surface area contributed by atoms with Crippen molar-refractivity contribution in [3.63, 3.8) is 0 Å². The molecule has 0 unspecified atom stereocenters. The molecule has 2 atom stereocenters. The lowest BCUT2D eigenvalue weighted by atomic mass is 10.1. The van der Waals surface area contributed by atoms with E-state index in [1.807, 2.05) is 12.1 Å². The summed E-state index contributed by atoms with van der Waals surface area (Å²) in [6, 6.07) is 8.27. The number of fused-ring (bicyclic) bond motifs is 1. The molecule has 12 heavy (non-hydrogen) atoms. The van der Waals surface area contributed by atoms with Gasteiger partial charge in [-0.05, 0) is 17.5 Å². The van der Waals surface area contributed by atoms with Crippen LogP contribution >= 0.6 is 11.6 Å². The van der Waals surface area contributed by atoms with Gasteiger partial charge in [0.05, 0.1) is 11.5 Å². The molecule has 0 fully saturated rings. The zero-order valence-electron chi connectivity index (χ0n) is 6.96. The quantitative estimate of drug-likeness (QED) is 0.607. The number of hydrogen-bond donors (Lipinski definition) is 0. The largest absolute Gasteiger partial charge is 0.375 e. The van der Waals surface area contributed by atoms with Crippen LogP contribution < -0.4 is 0 Å². The molecule has 0 spiro atoms. The van der Waals surface area contributed by atoms with Gasteiger partial charge in [-0.15, -0.1) is 11.6 Å². The molecule has 1 aromatic carbocycles. The first kappa shape index (κ1) is 8.09. The van der Waals surface area contributed by atoms with Crippen LogP contribution in [0.1, 0.15) is 17.2 Å². The van der Waals surface area contributed by atoms with Gasteiger partial charge in [-0.25, -0.2) is 0 Å². The molecule has 0 heterocycles. The highest BCUT2D eigenvalue weighted by molar-refractivity contribution is 6.21. The van der Waals surface area contributed by atoms with Crippen LogP contribution in [-0.4, -0.2) is 12.5 Å². The smallest absolute Gasteiger partial charge is 0.0990 e. The summed E-state index contributed by atoms with van der Waals surface area (Å²) in [5, 5.41) is 0.104. The highest BCUT2D eigenvalue weighted by atomic mass is 35.5. The van der Waals surface area contributed by atoms with Gasteiger partial charge in [-0.1, -0.05) is 24.3 Å². The average molecular weight is 183 g/mol. The Morgan fingerprint density at radius 2 is 2.17 bits per heavy atom. The summed E-state index contributed by atoms with van der Waals surface area (Å²) in [7, 11) is 1.71. The van der Waals surface area contributed by atoms with Gasteiger partial charge in [0.1, 0.15) is 0 Å². The minimum absolute atomic E-state index is 0.0860. The Bertz CT molecular complexity index is 285. The number of hydrogen-bond acceptors (Lipinski definition) is 1. The van der Waals surface area contributed by atoms with E-state index < -0.39 is 0 Å². The maximum atomic E-state index is 6.12. The number of methoxy groups -OCH3 is 1. The molecule has 64 valence electrons. The lowest BCUT2D eigenvalue weighted by molar-refractivity contribution is 0.108. The van der Waals surface area contributed by atoms with Gasteiger partial charge in [0.2, 0.25) is 0 Å². The van der Waals surface area contributed by atoms with E-state index in [-0.39, 0.29) is 11.5 Å². The summed E-state index contributed by atoms with van der Waals surface area (Å²) >= 11 is 6.12. The highest BCUT2D eigenvalue weighted by Gasteiger charge is 2.30. The van der Waals surface area contributed by atoms with Crippen molar-refractivity contribution in [1.29, 1.82) is 0 Å². The van der Waals surface area contributed by atoms with Crippen LogP contribution in [0.2, 0.25) is 0 Å². The molecule has 0 bridgehead atoms. The Morgan fingerprint density at radius 1 is 1.42 bits per heavy atom. The van der Waals surface area contributed by atoms with Crippen molar-refractivity contribution in [1.82, 2.24) is 0 Å². The van der Waals surface area contributed by atoms with Gasteiger partial charge in [-0.2, -0.15) is 0 Å². The molecule has 0 radical (unpaired) electrons. The Hall–Kier alpha value is -0.530. The second kappa shape index (κ2) is 3.08. The normalized spacial score (nSPS) is 27.2. The van der Waals surface area contributed by atoms with E-state index in [1.165, 1.54) is 11.1 Å². The number of benzene rings is 1. The van der Waals surface area contributed by atoms with E-state index in [1.54, 1.807) is 7.11 Å². The highest BCUT2D eigenvalue weighted by Crippen LogP contribution is 2.36. The fourth-order valence-corrected chi connectivity index (χ4v) is 2.19. The van der Waals surface area contributed by atoms with Gasteiger partial charge < -0.3 is 4.74 Å². The van der Waals surface area contributed by atoms with E-state index in [0.717, 1.165) is 6.42 Å². The molecule has 2 rings (SSSR count). The summed E-state index contributed by atoms with van der Waals surface area (Å²) in [4.78, 5) is 0. The Morgan fingerprint density at radius 3 is 2.92 bits per heavy atom. The predicted octanol–water partition coefficient (Wildman–Crippen LogP) is 2.54. The monoisotopic (exact) mass is 182 g/mol. The molecule has 0 saturated heterocycles. The molecule has 1 aromatic rings. The molecular weight excluding hydrogens is 172 g/mol. The molecule has 1 aliphatic rings. The fourth-order valence-electron chi connectivity index (χ4n) is 1.78. The molecule has 2 heteroatoms. The van der Waals surface area contributed by atoms with E-state index >= 15 is 0 Å². The second-order valence-electron chi connectivity index (χ2n) is 3.08. The molecular formula is C10H11ClO. The fraction of sp³-hybridized carbons (Fsp3) is 0.400. The van der Waals surface area contributed by atoms with E-state index in [4.69, 9.17) is 16.3 Å². The molecule has 0 amide bonds. The van der Waals surface area contributed by atoms with Crippen molar-refractivity contribution in [2.24, 2.45) is 0 Å². The van der Waals surface area contributed by atoms with Crippen LogP contribution in [0.25, 0.3) is 0 Å². The van der Waals surface area contributed by atoms with Gasteiger partial charge in [0.15, 0.2) is 0 Å². The van der Waals surface area contributed by atoms with E-state index in [9.17, 15) is 0 Å². The Kier molecular flexibility index (Phi) is 2.07. The number of alkyl halides is 1. The van der Waals surface area contributed by atoms with E-state index in [0.29, 0.717) is 0 Å². The van der Waals surface area contributed by atoms with Crippen molar-refractivity contribution in [3.8, 4) is 0 Å². The standard InChI is InChI=1S/C10H11ClO/c1-12-10-8-5-3-2-4-7(8)6-9(10)11/h2-5,9-10H,6H2,1H3/t9-,10-/m0/s1. The molecule has 1 aliphatic carbocycles. The van der Waals surface area contributed by atoms with Crippen molar-refractivity contribution in [3.05, 3.63) is 35.4 Å². The molecule has 0 saturated carbocycles. The third-order valence-electron chi connectivity index (χ3n) is 2.36. The first-order valence-electron chi connectivity index (χ1n) is 4.07. The third kappa shape index (κ3) is 1.13. The summed E-state index contributed by atoms with van der Waals surface area (Å²) in [5.41, 5.74) is 2.57. The maximum Gasteiger partial charge on any atom is 0.0990 e. The lowest BCUT2D eigenvalue weighted by Crippen LogP contribution is -2.08. The Balaban J connectivity index is 2.40. The number of halogens is 1. The van der Waals surface area contributed by atoms with Crippen LogP contribution in [0.4, 0.5) is 0 Å². The molecule has 0 N–H and O–H groups in total.